The van der Waals surface area contributed by atoms with E-state index in [4.69, 9.17) is 0 Å². The van der Waals surface area contributed by atoms with Gasteiger partial charge in [-0.3, -0.25) is 0 Å². The summed E-state index contributed by atoms with van der Waals surface area (Å²) in [4.78, 5) is 0. The van der Waals surface area contributed by atoms with Crippen LogP contribution in [0.5, 0.6) is 0 Å². The molecule has 2 aliphatic heterocycles. The largest absolute Gasteiger partial charge is 0.312 e. The van der Waals surface area contributed by atoms with Crippen molar-refractivity contribution < 1.29 is 0 Å². The Hall–Kier alpha value is 0.310. The monoisotopic (exact) mass is 213 g/mol. The Bertz CT molecular complexity index is 185. The van der Waals surface area contributed by atoms with Crippen LogP contribution in [0.1, 0.15) is 39.5 Å². The fraction of sp³-hybridized carbons (Fsp3) is 1.00. The zero-order chi connectivity index (χ0) is 10.0. The third-order valence-electron chi connectivity index (χ3n) is 3.59. The van der Waals surface area contributed by atoms with E-state index in [2.05, 4.69) is 30.9 Å². The molecule has 2 atom stereocenters. The molecule has 0 spiro atoms. The fourth-order valence-electron chi connectivity index (χ4n) is 2.92. The highest BCUT2D eigenvalue weighted by Gasteiger charge is 2.31. The first kappa shape index (κ1) is 10.8. The van der Waals surface area contributed by atoms with Crippen molar-refractivity contribution in [1.29, 1.82) is 0 Å². The molecule has 0 aromatic rings. The normalized spacial score (nSPS) is 37.3. The lowest BCUT2D eigenvalue weighted by Crippen LogP contribution is -2.31. The van der Waals surface area contributed by atoms with Gasteiger partial charge in [0.1, 0.15) is 0 Å². The van der Waals surface area contributed by atoms with Crippen molar-refractivity contribution in [3.63, 3.8) is 0 Å². The van der Waals surface area contributed by atoms with E-state index in [1.54, 1.807) is 0 Å². The number of rotatable bonds is 2. The number of thioether (sulfide) groups is 1. The van der Waals surface area contributed by atoms with Gasteiger partial charge in [-0.1, -0.05) is 0 Å². The summed E-state index contributed by atoms with van der Waals surface area (Å²) in [6.45, 7) is 5.93. The van der Waals surface area contributed by atoms with Crippen LogP contribution in [0.25, 0.3) is 0 Å². The lowest BCUT2D eigenvalue weighted by Gasteiger charge is -2.24. The van der Waals surface area contributed by atoms with E-state index in [0.29, 0.717) is 5.54 Å². The van der Waals surface area contributed by atoms with Gasteiger partial charge in [0.25, 0.3) is 0 Å². The van der Waals surface area contributed by atoms with Gasteiger partial charge in [-0.2, -0.15) is 11.8 Å². The SMILES string of the molecule is CC1(C)CC(CC2CCCSC2)CN1. The minimum Gasteiger partial charge on any atom is -0.312 e. The smallest absolute Gasteiger partial charge is 0.0128 e. The second-order valence-corrected chi connectivity index (χ2v) is 6.80. The minimum atomic E-state index is 0.409. The number of hydrogen-bond donors (Lipinski definition) is 1. The summed E-state index contributed by atoms with van der Waals surface area (Å²) in [6, 6.07) is 0. The summed E-state index contributed by atoms with van der Waals surface area (Å²) >= 11 is 2.17. The van der Waals surface area contributed by atoms with E-state index in [1.807, 2.05) is 0 Å². The third-order valence-corrected chi connectivity index (χ3v) is 4.87. The summed E-state index contributed by atoms with van der Waals surface area (Å²) in [5.41, 5.74) is 0.409. The maximum Gasteiger partial charge on any atom is 0.0128 e. The molecule has 2 saturated heterocycles. The summed E-state index contributed by atoms with van der Waals surface area (Å²) in [5.74, 6) is 4.81. The first-order valence-electron chi connectivity index (χ1n) is 5.98. The van der Waals surface area contributed by atoms with Gasteiger partial charge in [0.2, 0.25) is 0 Å². The average molecular weight is 213 g/mol. The predicted octanol–water partition coefficient (Wildman–Crippen LogP) is 2.91. The maximum absolute atomic E-state index is 3.63. The van der Waals surface area contributed by atoms with Crippen molar-refractivity contribution in [3.05, 3.63) is 0 Å². The molecule has 0 radical (unpaired) electrons. The topological polar surface area (TPSA) is 12.0 Å². The van der Waals surface area contributed by atoms with Crippen LogP contribution in [-0.2, 0) is 0 Å². The molecule has 0 aromatic carbocycles. The zero-order valence-electron chi connectivity index (χ0n) is 9.51. The minimum absolute atomic E-state index is 0.409. The second-order valence-electron chi connectivity index (χ2n) is 5.65. The van der Waals surface area contributed by atoms with Gasteiger partial charge in [0.15, 0.2) is 0 Å². The average Bonchev–Trinajstić information content (AvgIpc) is 2.47. The molecule has 2 heterocycles. The molecular formula is C12H23NS. The molecule has 2 fully saturated rings. The lowest BCUT2D eigenvalue weighted by atomic mass is 9.88. The molecule has 0 aromatic heterocycles. The van der Waals surface area contributed by atoms with Gasteiger partial charge in [0, 0.05) is 5.54 Å². The van der Waals surface area contributed by atoms with E-state index in [0.717, 1.165) is 11.8 Å². The number of nitrogens with one attached hydrogen (secondary N) is 1. The summed E-state index contributed by atoms with van der Waals surface area (Å²) in [5, 5.41) is 3.63. The van der Waals surface area contributed by atoms with E-state index >= 15 is 0 Å². The van der Waals surface area contributed by atoms with Crippen LogP contribution in [0.2, 0.25) is 0 Å². The van der Waals surface area contributed by atoms with Crippen LogP contribution in [-0.4, -0.2) is 23.6 Å². The van der Waals surface area contributed by atoms with Gasteiger partial charge in [0.05, 0.1) is 0 Å². The quantitative estimate of drug-likeness (QED) is 0.757. The van der Waals surface area contributed by atoms with E-state index in [-0.39, 0.29) is 0 Å². The maximum atomic E-state index is 3.63. The highest BCUT2D eigenvalue weighted by Crippen LogP contribution is 2.33. The molecule has 0 aliphatic carbocycles. The van der Waals surface area contributed by atoms with Crippen molar-refractivity contribution in [2.75, 3.05) is 18.1 Å². The zero-order valence-corrected chi connectivity index (χ0v) is 10.3. The summed E-state index contributed by atoms with van der Waals surface area (Å²) in [6.07, 6.45) is 5.81. The Kier molecular flexibility index (Phi) is 3.43. The number of hydrogen-bond acceptors (Lipinski definition) is 2. The van der Waals surface area contributed by atoms with Crippen LogP contribution in [0.3, 0.4) is 0 Å². The van der Waals surface area contributed by atoms with Crippen molar-refractivity contribution >= 4 is 11.8 Å². The molecule has 0 bridgehead atoms. The highest BCUT2D eigenvalue weighted by atomic mass is 32.2. The first-order valence-corrected chi connectivity index (χ1v) is 7.14. The molecule has 2 rings (SSSR count). The first-order chi connectivity index (χ1) is 6.66. The standard InChI is InChI=1S/C12H23NS/c1-12(2)7-11(8-13-12)6-10-4-3-5-14-9-10/h10-11,13H,3-9H2,1-2H3. The van der Waals surface area contributed by atoms with Gasteiger partial charge < -0.3 is 5.32 Å². The van der Waals surface area contributed by atoms with Gasteiger partial charge >= 0.3 is 0 Å². The van der Waals surface area contributed by atoms with Gasteiger partial charge in [-0.15, -0.1) is 0 Å². The van der Waals surface area contributed by atoms with Crippen LogP contribution in [0.15, 0.2) is 0 Å². The van der Waals surface area contributed by atoms with Crippen molar-refractivity contribution in [2.24, 2.45) is 11.8 Å². The summed E-state index contributed by atoms with van der Waals surface area (Å²) in [7, 11) is 0. The lowest BCUT2D eigenvalue weighted by molar-refractivity contribution is 0.371. The van der Waals surface area contributed by atoms with Gasteiger partial charge in [-0.05, 0) is 69.4 Å². The Morgan fingerprint density at radius 3 is 2.79 bits per heavy atom. The van der Waals surface area contributed by atoms with Gasteiger partial charge in [-0.25, -0.2) is 0 Å². The highest BCUT2D eigenvalue weighted by molar-refractivity contribution is 7.99. The van der Waals surface area contributed by atoms with E-state index in [1.165, 1.54) is 43.7 Å². The van der Waals surface area contributed by atoms with Crippen LogP contribution < -0.4 is 5.32 Å². The molecule has 2 unspecified atom stereocenters. The molecule has 2 aliphatic rings. The third kappa shape index (κ3) is 2.90. The molecule has 14 heavy (non-hydrogen) atoms. The van der Waals surface area contributed by atoms with Crippen LogP contribution in [0, 0.1) is 11.8 Å². The fourth-order valence-corrected chi connectivity index (χ4v) is 4.09. The second kappa shape index (κ2) is 4.44. The van der Waals surface area contributed by atoms with Crippen molar-refractivity contribution in [1.82, 2.24) is 5.32 Å². The van der Waals surface area contributed by atoms with Crippen molar-refractivity contribution in [2.45, 2.75) is 45.1 Å². The molecule has 1 N–H and O–H groups in total. The van der Waals surface area contributed by atoms with Crippen LogP contribution >= 0.6 is 11.8 Å². The Morgan fingerprint density at radius 1 is 1.36 bits per heavy atom. The van der Waals surface area contributed by atoms with E-state index in [9.17, 15) is 0 Å². The molecule has 0 amide bonds. The molecular weight excluding hydrogens is 190 g/mol. The molecule has 1 nitrogen and oxygen atoms in total. The summed E-state index contributed by atoms with van der Waals surface area (Å²) < 4.78 is 0. The van der Waals surface area contributed by atoms with E-state index < -0.39 is 0 Å². The van der Waals surface area contributed by atoms with Crippen molar-refractivity contribution in [3.8, 4) is 0 Å². The molecule has 0 saturated carbocycles. The predicted molar refractivity (Wildman–Crippen MR) is 64.9 cm³/mol. The Labute approximate surface area is 92.4 Å². The Morgan fingerprint density at radius 2 is 2.21 bits per heavy atom. The molecule has 2 heteroatoms. The Balaban J connectivity index is 1.75. The molecule has 82 valence electrons. The van der Waals surface area contributed by atoms with Crippen LogP contribution in [0.4, 0.5) is 0 Å².